The monoisotopic (exact) mass is 260 g/mol. The largest absolute Gasteiger partial charge is 0.324 e. The van der Waals surface area contributed by atoms with Gasteiger partial charge in [0.1, 0.15) is 0 Å². The number of hydrogen-bond donors (Lipinski definition) is 1. The average Bonchev–Trinajstić information content (AvgIpc) is 2.57. The van der Waals surface area contributed by atoms with Crippen molar-refractivity contribution in [3.63, 3.8) is 0 Å². The van der Waals surface area contributed by atoms with E-state index >= 15 is 0 Å². The number of hydrogen-bond acceptors (Lipinski definition) is 3. The van der Waals surface area contributed by atoms with Crippen LogP contribution in [0.4, 0.5) is 4.79 Å². The van der Waals surface area contributed by atoms with Gasteiger partial charge < -0.3 is 10.2 Å². The van der Waals surface area contributed by atoms with E-state index in [9.17, 15) is 13.2 Å². The van der Waals surface area contributed by atoms with Crippen molar-refractivity contribution in [3.05, 3.63) is 12.3 Å². The van der Waals surface area contributed by atoms with Crippen LogP contribution >= 0.6 is 0 Å². The van der Waals surface area contributed by atoms with Crippen molar-refractivity contribution >= 4 is 15.9 Å². The highest BCUT2D eigenvalue weighted by atomic mass is 32.2. The summed E-state index contributed by atoms with van der Waals surface area (Å²) in [6.07, 6.45) is 4.00. The maximum atomic E-state index is 11.7. The summed E-state index contributed by atoms with van der Waals surface area (Å²) in [4.78, 5) is 13.2. The number of carbonyl (C=O) groups is 1. The minimum atomic E-state index is -2.95. The number of urea groups is 1. The molecule has 0 radical (unpaired) electrons. The molecule has 1 fully saturated rings. The third-order valence-electron chi connectivity index (χ3n) is 2.76. The van der Waals surface area contributed by atoms with Gasteiger partial charge in [0.25, 0.3) is 0 Å². The summed E-state index contributed by atoms with van der Waals surface area (Å²) in [5, 5.41) is 2.63. The molecule has 0 saturated carbocycles. The first kappa shape index (κ1) is 14.0. The average molecular weight is 260 g/mol. The summed E-state index contributed by atoms with van der Waals surface area (Å²) < 4.78 is 22.6. The molecule has 1 atom stereocenters. The van der Waals surface area contributed by atoms with Crippen LogP contribution in [0.15, 0.2) is 12.3 Å². The van der Waals surface area contributed by atoms with Crippen LogP contribution in [-0.4, -0.2) is 43.9 Å². The summed E-state index contributed by atoms with van der Waals surface area (Å²) in [5.74, 6) is 0.620. The molecule has 1 aliphatic rings. The molecule has 1 unspecified atom stereocenters. The lowest BCUT2D eigenvalue weighted by Crippen LogP contribution is -2.42. The van der Waals surface area contributed by atoms with Gasteiger partial charge in [0, 0.05) is 19.3 Å². The Morgan fingerprint density at radius 3 is 2.59 bits per heavy atom. The van der Waals surface area contributed by atoms with Gasteiger partial charge >= 0.3 is 6.03 Å². The number of sulfone groups is 1. The minimum absolute atomic E-state index is 0.0742. The Kier molecular flexibility index (Phi) is 4.56. The van der Waals surface area contributed by atoms with E-state index in [1.54, 1.807) is 13.2 Å². The maximum absolute atomic E-state index is 11.7. The zero-order valence-corrected chi connectivity index (χ0v) is 11.3. The number of nitrogens with zero attached hydrogens (tertiary/aromatic N) is 1. The molecule has 0 aliphatic carbocycles. The van der Waals surface area contributed by atoms with Gasteiger partial charge in [0.05, 0.1) is 11.5 Å². The topological polar surface area (TPSA) is 66.5 Å². The molecular weight excluding hydrogens is 240 g/mol. The molecule has 0 aromatic carbocycles. The summed E-state index contributed by atoms with van der Waals surface area (Å²) in [5.41, 5.74) is 0. The van der Waals surface area contributed by atoms with Gasteiger partial charge in [-0.1, -0.05) is 19.9 Å². The Balaban J connectivity index is 2.48. The summed E-state index contributed by atoms with van der Waals surface area (Å²) in [6, 6.07) is -0.462. The molecule has 0 aromatic heterocycles. The van der Waals surface area contributed by atoms with Crippen molar-refractivity contribution in [2.24, 2.45) is 5.92 Å². The Hall–Kier alpha value is -1.04. The molecule has 0 aromatic rings. The predicted octanol–water partition coefficient (Wildman–Crippen LogP) is 0.985. The Morgan fingerprint density at radius 1 is 1.47 bits per heavy atom. The van der Waals surface area contributed by atoms with Crippen molar-refractivity contribution in [1.82, 2.24) is 10.2 Å². The fourth-order valence-corrected chi connectivity index (χ4v) is 3.43. The van der Waals surface area contributed by atoms with Gasteiger partial charge in [-0.15, -0.1) is 0 Å². The van der Waals surface area contributed by atoms with Crippen LogP contribution in [0.2, 0.25) is 0 Å². The summed E-state index contributed by atoms with van der Waals surface area (Å²) >= 11 is 0. The van der Waals surface area contributed by atoms with Gasteiger partial charge in [0.2, 0.25) is 0 Å². The summed E-state index contributed by atoms with van der Waals surface area (Å²) in [6.45, 7) is 4.02. The van der Waals surface area contributed by atoms with Crippen LogP contribution in [0.3, 0.4) is 0 Å². The van der Waals surface area contributed by atoms with E-state index in [2.05, 4.69) is 5.32 Å². The maximum Gasteiger partial charge on any atom is 0.321 e. The molecule has 1 aliphatic heterocycles. The van der Waals surface area contributed by atoms with E-state index < -0.39 is 9.84 Å². The van der Waals surface area contributed by atoms with Crippen molar-refractivity contribution in [3.8, 4) is 0 Å². The fraction of sp³-hybridized carbons (Fsp3) is 0.727. The Morgan fingerprint density at radius 2 is 2.12 bits per heavy atom. The van der Waals surface area contributed by atoms with Crippen LogP contribution in [0.1, 0.15) is 20.3 Å². The second-order valence-electron chi connectivity index (χ2n) is 4.72. The van der Waals surface area contributed by atoms with Crippen LogP contribution in [-0.2, 0) is 9.84 Å². The van der Waals surface area contributed by atoms with Crippen LogP contribution in [0, 0.1) is 5.92 Å². The zero-order valence-electron chi connectivity index (χ0n) is 10.5. The molecule has 1 N–H and O–H groups in total. The highest BCUT2D eigenvalue weighted by Gasteiger charge is 2.32. The molecule has 1 heterocycles. The van der Waals surface area contributed by atoms with Gasteiger partial charge in [-0.3, -0.25) is 0 Å². The molecule has 1 saturated heterocycles. The van der Waals surface area contributed by atoms with Gasteiger partial charge in [-0.05, 0) is 12.3 Å². The molecule has 0 spiro atoms. The first-order chi connectivity index (χ1) is 7.82. The molecular formula is C11H20N2O3S. The first-order valence-electron chi connectivity index (χ1n) is 5.72. The van der Waals surface area contributed by atoms with E-state index in [1.165, 1.54) is 4.90 Å². The third kappa shape index (κ3) is 4.38. The predicted molar refractivity (Wildman–Crippen MR) is 67.3 cm³/mol. The van der Waals surface area contributed by atoms with Crippen LogP contribution in [0.25, 0.3) is 0 Å². The van der Waals surface area contributed by atoms with E-state index in [4.69, 9.17) is 0 Å². The lowest BCUT2D eigenvalue weighted by atomic mass is 10.2. The van der Waals surface area contributed by atoms with Crippen molar-refractivity contribution in [1.29, 1.82) is 0 Å². The number of allylic oxidation sites excluding steroid dienone is 1. The van der Waals surface area contributed by atoms with E-state index in [1.807, 2.05) is 19.9 Å². The second kappa shape index (κ2) is 5.53. The van der Waals surface area contributed by atoms with Crippen LogP contribution in [0.5, 0.6) is 0 Å². The molecule has 5 nitrogen and oxygen atoms in total. The van der Waals surface area contributed by atoms with Crippen molar-refractivity contribution in [2.75, 3.05) is 18.6 Å². The molecule has 0 bridgehead atoms. The van der Waals surface area contributed by atoms with Crippen molar-refractivity contribution in [2.45, 2.75) is 26.3 Å². The number of carbonyl (C=O) groups excluding carboxylic acids is 1. The normalized spacial score (nSPS) is 23.2. The molecule has 17 heavy (non-hydrogen) atoms. The zero-order chi connectivity index (χ0) is 13.1. The van der Waals surface area contributed by atoms with E-state index in [-0.39, 0.29) is 23.6 Å². The van der Waals surface area contributed by atoms with Gasteiger partial charge in [-0.2, -0.15) is 0 Å². The minimum Gasteiger partial charge on any atom is -0.324 e. The highest BCUT2D eigenvalue weighted by molar-refractivity contribution is 7.91. The number of nitrogens with one attached hydrogen (secondary N) is 1. The van der Waals surface area contributed by atoms with Crippen LogP contribution < -0.4 is 5.32 Å². The van der Waals surface area contributed by atoms with Gasteiger partial charge in [0.15, 0.2) is 9.84 Å². The molecule has 1 rings (SSSR count). The Labute approximate surface area is 103 Å². The fourth-order valence-electron chi connectivity index (χ4n) is 1.66. The first-order valence-corrected chi connectivity index (χ1v) is 7.54. The molecule has 6 heteroatoms. The highest BCUT2D eigenvalue weighted by Crippen LogP contribution is 2.16. The second-order valence-corrected chi connectivity index (χ2v) is 6.95. The third-order valence-corrected chi connectivity index (χ3v) is 4.51. The smallest absolute Gasteiger partial charge is 0.321 e. The van der Waals surface area contributed by atoms with Crippen molar-refractivity contribution < 1.29 is 13.2 Å². The standard InChI is InChI=1S/C11H20N2O3S/c1-9(2)4-6-12-11(14)13(3)10-5-7-17(15,16)8-10/h4,6,9-10H,5,7-8H2,1-3H3,(H,12,14)/b6-4+. The van der Waals surface area contributed by atoms with Gasteiger partial charge in [-0.25, -0.2) is 13.2 Å². The molecule has 98 valence electrons. The molecule has 2 amide bonds. The van der Waals surface area contributed by atoms with E-state index in [0.717, 1.165) is 0 Å². The Bertz CT molecular complexity index is 401. The van der Waals surface area contributed by atoms with E-state index in [0.29, 0.717) is 12.3 Å². The number of amides is 2. The lowest BCUT2D eigenvalue weighted by Gasteiger charge is -2.22. The number of rotatable bonds is 3. The quantitative estimate of drug-likeness (QED) is 0.822. The lowest BCUT2D eigenvalue weighted by molar-refractivity contribution is 0.199. The summed E-state index contributed by atoms with van der Waals surface area (Å²) in [7, 11) is -1.32. The SMILES string of the molecule is CC(C)/C=C/NC(=O)N(C)C1CCS(=O)(=O)C1.